The third-order valence-electron chi connectivity index (χ3n) is 5.28. The maximum atomic E-state index is 13.0. The second-order valence-corrected chi connectivity index (χ2v) is 9.03. The van der Waals surface area contributed by atoms with Crippen LogP contribution in [0.25, 0.3) is 17.1 Å². The predicted octanol–water partition coefficient (Wildman–Crippen LogP) is 6.03. The van der Waals surface area contributed by atoms with E-state index in [0.717, 1.165) is 29.8 Å². The van der Waals surface area contributed by atoms with Gasteiger partial charge in [0.1, 0.15) is 0 Å². The monoisotopic (exact) mass is 497 g/mol. The second-order valence-electron chi connectivity index (χ2n) is 7.73. The van der Waals surface area contributed by atoms with Crippen molar-refractivity contribution in [2.24, 2.45) is 0 Å². The lowest BCUT2D eigenvalue weighted by atomic mass is 10.1. The van der Waals surface area contributed by atoms with Crippen LogP contribution in [-0.4, -0.2) is 30.9 Å². The number of carbonyl (C=O) groups excluding carboxylic acids is 1. The van der Waals surface area contributed by atoms with Crippen LogP contribution < -0.4 is 5.32 Å². The highest BCUT2D eigenvalue weighted by molar-refractivity contribution is 8.00. The van der Waals surface area contributed by atoms with Crippen LogP contribution in [0.4, 0.5) is 18.9 Å². The van der Waals surface area contributed by atoms with Gasteiger partial charge in [0.15, 0.2) is 11.0 Å². The average molecular weight is 498 g/mol. The van der Waals surface area contributed by atoms with Gasteiger partial charge in [0.25, 0.3) is 0 Å². The lowest BCUT2D eigenvalue weighted by Gasteiger charge is -2.15. The van der Waals surface area contributed by atoms with E-state index in [9.17, 15) is 18.0 Å². The van der Waals surface area contributed by atoms with Crippen molar-refractivity contribution in [1.82, 2.24) is 19.7 Å². The van der Waals surface area contributed by atoms with Crippen molar-refractivity contribution in [2.75, 3.05) is 5.32 Å². The molecule has 4 rings (SSSR count). The highest BCUT2D eigenvalue weighted by Crippen LogP contribution is 2.32. The third kappa shape index (κ3) is 5.71. The summed E-state index contributed by atoms with van der Waals surface area (Å²) in [6, 6.07) is 16.1. The fourth-order valence-corrected chi connectivity index (χ4v) is 4.24. The zero-order valence-electron chi connectivity index (χ0n) is 19.0. The zero-order chi connectivity index (χ0) is 25.0. The van der Waals surface area contributed by atoms with E-state index in [4.69, 9.17) is 0 Å². The van der Waals surface area contributed by atoms with Gasteiger partial charge in [-0.15, -0.1) is 10.2 Å². The number of amides is 1. The number of anilines is 1. The van der Waals surface area contributed by atoms with Crippen LogP contribution in [0.1, 0.15) is 25.0 Å². The van der Waals surface area contributed by atoms with E-state index in [2.05, 4.69) is 27.4 Å². The Bertz CT molecular complexity index is 1310. The quantitative estimate of drug-likeness (QED) is 0.316. The summed E-state index contributed by atoms with van der Waals surface area (Å²) in [5.74, 6) is 0.139. The molecule has 1 amide bonds. The second kappa shape index (κ2) is 10.3. The van der Waals surface area contributed by atoms with Gasteiger partial charge in [-0.05, 0) is 61.4 Å². The molecule has 2 aromatic heterocycles. The molecular formula is C25H22F3N5OS. The van der Waals surface area contributed by atoms with Gasteiger partial charge in [-0.3, -0.25) is 14.3 Å². The van der Waals surface area contributed by atoms with Crippen LogP contribution in [0.15, 0.2) is 78.2 Å². The molecule has 1 N–H and O–H groups in total. The minimum atomic E-state index is -4.49. The van der Waals surface area contributed by atoms with E-state index in [-0.39, 0.29) is 5.69 Å². The number of nitrogens with zero attached hydrogens (tertiary/aromatic N) is 4. The van der Waals surface area contributed by atoms with Gasteiger partial charge in [-0.2, -0.15) is 13.2 Å². The van der Waals surface area contributed by atoms with Gasteiger partial charge in [-0.25, -0.2) is 0 Å². The van der Waals surface area contributed by atoms with Crippen LogP contribution in [0.3, 0.4) is 0 Å². The first kappa shape index (κ1) is 24.5. The lowest BCUT2D eigenvalue weighted by Crippen LogP contribution is -2.23. The lowest BCUT2D eigenvalue weighted by molar-refractivity contribution is -0.137. The summed E-state index contributed by atoms with van der Waals surface area (Å²) in [6.45, 7) is 3.74. The molecule has 0 aliphatic rings. The number of carbonyl (C=O) groups is 1. The molecule has 4 aromatic rings. The predicted molar refractivity (Wildman–Crippen MR) is 129 cm³/mol. The van der Waals surface area contributed by atoms with Gasteiger partial charge in [0.05, 0.1) is 10.8 Å². The molecule has 1 atom stereocenters. The summed E-state index contributed by atoms with van der Waals surface area (Å²) in [5.41, 5.74) is 2.06. The first-order chi connectivity index (χ1) is 16.8. The Hall–Kier alpha value is -3.66. The first-order valence-electron chi connectivity index (χ1n) is 10.9. The van der Waals surface area contributed by atoms with E-state index < -0.39 is 22.9 Å². The molecule has 0 fully saturated rings. The number of aryl methyl sites for hydroxylation is 1. The van der Waals surface area contributed by atoms with E-state index >= 15 is 0 Å². The summed E-state index contributed by atoms with van der Waals surface area (Å²) in [5, 5.41) is 11.0. The molecule has 2 aromatic carbocycles. The Morgan fingerprint density at radius 1 is 1.06 bits per heavy atom. The number of thioether (sulfide) groups is 1. The summed E-state index contributed by atoms with van der Waals surface area (Å²) in [7, 11) is 0. The number of pyridine rings is 1. The number of aromatic nitrogens is 4. The fourth-order valence-electron chi connectivity index (χ4n) is 3.38. The molecule has 6 nitrogen and oxygen atoms in total. The third-order valence-corrected chi connectivity index (χ3v) is 6.33. The number of halogens is 3. The van der Waals surface area contributed by atoms with Crippen molar-refractivity contribution in [3.63, 3.8) is 0 Å². The molecule has 35 heavy (non-hydrogen) atoms. The van der Waals surface area contributed by atoms with Crippen molar-refractivity contribution in [1.29, 1.82) is 0 Å². The minimum absolute atomic E-state index is 0.0753. The van der Waals surface area contributed by atoms with Gasteiger partial charge in [-0.1, -0.05) is 36.9 Å². The molecule has 1 unspecified atom stereocenters. The summed E-state index contributed by atoms with van der Waals surface area (Å²) in [6.07, 6.45) is -0.277. The molecule has 0 saturated heterocycles. The molecule has 0 bridgehead atoms. The fraction of sp³-hybridized carbons (Fsp3) is 0.200. The maximum Gasteiger partial charge on any atom is 0.416 e. The van der Waals surface area contributed by atoms with Crippen molar-refractivity contribution >= 4 is 23.4 Å². The number of hydrogen-bond acceptors (Lipinski definition) is 5. The minimum Gasteiger partial charge on any atom is -0.325 e. The Balaban J connectivity index is 1.61. The van der Waals surface area contributed by atoms with E-state index in [1.165, 1.54) is 29.5 Å². The standard InChI is InChI=1S/C25H22F3N5OS/c1-3-17-7-9-21(10-8-17)33-22(18-11-13-29-14-12-18)31-32-24(33)35-16(2)23(34)30-20-6-4-5-19(15-20)25(26,27)28/h4-16H,3H2,1-2H3,(H,30,34). The zero-order valence-corrected chi connectivity index (χ0v) is 19.8. The highest BCUT2D eigenvalue weighted by Gasteiger charge is 2.30. The van der Waals surface area contributed by atoms with Crippen molar-refractivity contribution < 1.29 is 18.0 Å². The molecular weight excluding hydrogens is 475 g/mol. The van der Waals surface area contributed by atoms with Gasteiger partial charge >= 0.3 is 6.18 Å². The largest absolute Gasteiger partial charge is 0.416 e. The Kier molecular flexibility index (Phi) is 7.20. The number of alkyl halides is 3. The maximum absolute atomic E-state index is 13.0. The molecule has 0 aliphatic heterocycles. The van der Waals surface area contributed by atoms with E-state index in [1.807, 2.05) is 41.0 Å². The SMILES string of the molecule is CCc1ccc(-n2c(SC(C)C(=O)Nc3cccc(C(F)(F)F)c3)nnc2-c2ccncc2)cc1. The highest BCUT2D eigenvalue weighted by atomic mass is 32.2. The average Bonchev–Trinajstić information content (AvgIpc) is 3.27. The van der Waals surface area contributed by atoms with Gasteiger partial charge in [0, 0.05) is 29.3 Å². The van der Waals surface area contributed by atoms with E-state index in [1.54, 1.807) is 19.3 Å². The van der Waals surface area contributed by atoms with Gasteiger partial charge in [0.2, 0.25) is 5.91 Å². The van der Waals surface area contributed by atoms with Crippen LogP contribution in [0.5, 0.6) is 0 Å². The number of benzene rings is 2. The number of nitrogens with one attached hydrogen (secondary N) is 1. The summed E-state index contributed by atoms with van der Waals surface area (Å²) < 4.78 is 40.9. The van der Waals surface area contributed by atoms with Crippen LogP contribution in [0, 0.1) is 0 Å². The van der Waals surface area contributed by atoms with Crippen molar-refractivity contribution in [3.05, 3.63) is 84.2 Å². The molecule has 0 aliphatic carbocycles. The van der Waals surface area contributed by atoms with Crippen LogP contribution in [-0.2, 0) is 17.4 Å². The molecule has 180 valence electrons. The molecule has 10 heteroatoms. The van der Waals surface area contributed by atoms with E-state index in [0.29, 0.717) is 11.0 Å². The summed E-state index contributed by atoms with van der Waals surface area (Å²) in [4.78, 5) is 16.9. The molecule has 0 saturated carbocycles. The number of hydrogen-bond donors (Lipinski definition) is 1. The first-order valence-corrected chi connectivity index (χ1v) is 11.7. The van der Waals surface area contributed by atoms with Crippen molar-refractivity contribution in [2.45, 2.75) is 36.9 Å². The Labute approximate surface area is 204 Å². The van der Waals surface area contributed by atoms with Crippen LogP contribution in [0.2, 0.25) is 0 Å². The normalized spacial score (nSPS) is 12.4. The number of rotatable bonds is 7. The molecule has 0 radical (unpaired) electrons. The topological polar surface area (TPSA) is 72.7 Å². The molecule has 2 heterocycles. The van der Waals surface area contributed by atoms with Crippen LogP contribution >= 0.6 is 11.8 Å². The summed E-state index contributed by atoms with van der Waals surface area (Å²) >= 11 is 1.17. The van der Waals surface area contributed by atoms with Gasteiger partial charge < -0.3 is 5.32 Å². The Morgan fingerprint density at radius 3 is 2.43 bits per heavy atom. The molecule has 0 spiro atoms. The van der Waals surface area contributed by atoms with Crippen molar-refractivity contribution in [3.8, 4) is 17.1 Å². The Morgan fingerprint density at radius 2 is 1.77 bits per heavy atom. The smallest absolute Gasteiger partial charge is 0.325 e.